The summed E-state index contributed by atoms with van der Waals surface area (Å²) in [5, 5.41) is 101. The van der Waals surface area contributed by atoms with Gasteiger partial charge in [-0.3, -0.25) is 0 Å². The standard InChI is InChI=1S/C21H38O17/c1-32-2-3-33-19-15(30)12(27)17(8(5-23)35-19)38-21-16(31)13(28)18(9(6-24)36-21)37-20-14(29)11(26)10(25)7(4-22)34-20/h7-31H,2-6H2,1H3/t7?,8?,9-,10+,11-,12+,13?,14?,15?,16?,17+,18+,19+,20-,21-/m0/s1. The molecule has 0 aromatic rings. The largest absolute Gasteiger partial charge is 0.394 e. The van der Waals surface area contributed by atoms with E-state index in [2.05, 4.69) is 0 Å². The molecule has 17 nitrogen and oxygen atoms in total. The molecule has 0 saturated carbocycles. The molecule has 0 aliphatic carbocycles. The Kier molecular flexibility index (Phi) is 12.0. The summed E-state index contributed by atoms with van der Waals surface area (Å²) < 4.78 is 37.4. The van der Waals surface area contributed by atoms with Crippen LogP contribution < -0.4 is 0 Å². The van der Waals surface area contributed by atoms with Crippen LogP contribution >= 0.6 is 0 Å². The molecular formula is C21H38O17. The van der Waals surface area contributed by atoms with E-state index in [1.165, 1.54) is 7.11 Å². The van der Waals surface area contributed by atoms with Crippen LogP contribution in [0.1, 0.15) is 0 Å². The number of rotatable bonds is 11. The topological polar surface area (TPSA) is 267 Å². The molecule has 0 amide bonds. The lowest BCUT2D eigenvalue weighted by atomic mass is 9.96. The van der Waals surface area contributed by atoms with Gasteiger partial charge in [-0.05, 0) is 0 Å². The molecule has 0 spiro atoms. The highest BCUT2D eigenvalue weighted by molar-refractivity contribution is 4.96. The monoisotopic (exact) mass is 562 g/mol. The summed E-state index contributed by atoms with van der Waals surface area (Å²) in [5.41, 5.74) is 0. The number of methoxy groups -OCH3 is 1. The van der Waals surface area contributed by atoms with Gasteiger partial charge in [0, 0.05) is 7.11 Å². The quantitative estimate of drug-likeness (QED) is 0.105. The number of hydrogen-bond donors (Lipinski definition) is 10. The van der Waals surface area contributed by atoms with Crippen molar-refractivity contribution in [2.75, 3.05) is 40.1 Å². The maximum Gasteiger partial charge on any atom is 0.187 e. The SMILES string of the molecule is COCCO[C@@H]1OC(CO)[C@@H](O[C@@H]2O[C@@H](CO)[C@@H](O[C@@H]3OC(CO)[C@@H](O)[C@H](O)C3O)C(O)C2O)[C@H](O)C1O. The minimum Gasteiger partial charge on any atom is -0.394 e. The number of hydrogen-bond acceptors (Lipinski definition) is 17. The maximum absolute atomic E-state index is 10.7. The van der Waals surface area contributed by atoms with Gasteiger partial charge < -0.3 is 84.2 Å². The summed E-state index contributed by atoms with van der Waals surface area (Å²) in [4.78, 5) is 0. The van der Waals surface area contributed by atoms with Gasteiger partial charge in [0.25, 0.3) is 0 Å². The molecule has 224 valence electrons. The zero-order chi connectivity index (χ0) is 28.1. The van der Waals surface area contributed by atoms with Crippen LogP contribution in [0.5, 0.6) is 0 Å². The van der Waals surface area contributed by atoms with Gasteiger partial charge in [0.15, 0.2) is 18.9 Å². The highest BCUT2D eigenvalue weighted by Crippen LogP contribution is 2.32. The van der Waals surface area contributed by atoms with E-state index in [1.54, 1.807) is 0 Å². The maximum atomic E-state index is 10.7. The van der Waals surface area contributed by atoms with Crippen LogP contribution in [0.4, 0.5) is 0 Å². The van der Waals surface area contributed by atoms with Crippen molar-refractivity contribution in [2.24, 2.45) is 0 Å². The average Bonchev–Trinajstić information content (AvgIpc) is 2.91. The molecule has 3 heterocycles. The molecule has 3 fully saturated rings. The van der Waals surface area contributed by atoms with Crippen LogP contribution in [0.15, 0.2) is 0 Å². The predicted octanol–water partition coefficient (Wildman–Crippen LogP) is -6.90. The molecule has 10 N–H and O–H groups in total. The third kappa shape index (κ3) is 6.78. The minimum absolute atomic E-state index is 0.0132. The van der Waals surface area contributed by atoms with Crippen molar-refractivity contribution in [3.05, 3.63) is 0 Å². The first kappa shape index (κ1) is 31.8. The second kappa shape index (κ2) is 14.3. The number of aliphatic hydroxyl groups is 10. The first-order valence-electron chi connectivity index (χ1n) is 12.1. The van der Waals surface area contributed by atoms with E-state index in [-0.39, 0.29) is 13.2 Å². The Labute approximate surface area is 217 Å². The van der Waals surface area contributed by atoms with Crippen LogP contribution in [0.3, 0.4) is 0 Å². The molecule has 6 unspecified atom stereocenters. The smallest absolute Gasteiger partial charge is 0.187 e. The lowest BCUT2D eigenvalue weighted by Crippen LogP contribution is -2.66. The van der Waals surface area contributed by atoms with Gasteiger partial charge in [0.2, 0.25) is 0 Å². The molecule has 3 aliphatic heterocycles. The van der Waals surface area contributed by atoms with Crippen molar-refractivity contribution in [2.45, 2.75) is 92.1 Å². The Hall–Kier alpha value is -0.680. The molecule has 0 aromatic carbocycles. The zero-order valence-electron chi connectivity index (χ0n) is 20.5. The molecule has 38 heavy (non-hydrogen) atoms. The Bertz CT molecular complexity index is 697. The molecule has 0 aromatic heterocycles. The van der Waals surface area contributed by atoms with Crippen molar-refractivity contribution in [3.63, 3.8) is 0 Å². The van der Waals surface area contributed by atoms with Crippen LogP contribution in [-0.4, -0.2) is 183 Å². The molecule has 3 rings (SSSR count). The van der Waals surface area contributed by atoms with Crippen LogP contribution in [0, 0.1) is 0 Å². The first-order chi connectivity index (χ1) is 18.1. The number of ether oxygens (including phenoxy) is 7. The fraction of sp³-hybridized carbons (Fsp3) is 1.00. The van der Waals surface area contributed by atoms with Gasteiger partial charge in [0.05, 0.1) is 33.0 Å². The molecular weight excluding hydrogens is 524 g/mol. The van der Waals surface area contributed by atoms with Gasteiger partial charge in [-0.2, -0.15) is 0 Å². The number of aliphatic hydroxyl groups excluding tert-OH is 10. The van der Waals surface area contributed by atoms with Crippen molar-refractivity contribution >= 4 is 0 Å². The van der Waals surface area contributed by atoms with Crippen molar-refractivity contribution in [1.82, 2.24) is 0 Å². The van der Waals surface area contributed by atoms with E-state index in [0.717, 1.165) is 0 Å². The van der Waals surface area contributed by atoms with Gasteiger partial charge in [-0.1, -0.05) is 0 Å². The third-order valence-corrected chi connectivity index (χ3v) is 6.64. The Morgan fingerprint density at radius 3 is 1.39 bits per heavy atom. The molecule has 17 heteroatoms. The van der Waals surface area contributed by atoms with Crippen LogP contribution in [0.2, 0.25) is 0 Å². The summed E-state index contributed by atoms with van der Waals surface area (Å²) >= 11 is 0. The molecule has 3 aliphatic rings. The molecule has 15 atom stereocenters. The minimum atomic E-state index is -1.90. The second-order valence-corrected chi connectivity index (χ2v) is 9.18. The highest BCUT2D eigenvalue weighted by Gasteiger charge is 2.53. The molecule has 0 bridgehead atoms. The lowest BCUT2D eigenvalue weighted by molar-refractivity contribution is -0.379. The van der Waals surface area contributed by atoms with Crippen LogP contribution in [0.25, 0.3) is 0 Å². The van der Waals surface area contributed by atoms with E-state index < -0.39 is 112 Å². The van der Waals surface area contributed by atoms with Crippen molar-refractivity contribution in [1.29, 1.82) is 0 Å². The van der Waals surface area contributed by atoms with E-state index >= 15 is 0 Å². The van der Waals surface area contributed by atoms with Gasteiger partial charge in [0.1, 0.15) is 73.2 Å². The fourth-order valence-electron chi connectivity index (χ4n) is 4.43. The Morgan fingerprint density at radius 1 is 0.500 bits per heavy atom. The predicted molar refractivity (Wildman–Crippen MR) is 117 cm³/mol. The summed E-state index contributed by atoms with van der Waals surface area (Å²) in [6.07, 6.45) is -24.2. The highest BCUT2D eigenvalue weighted by atomic mass is 16.8. The third-order valence-electron chi connectivity index (χ3n) is 6.64. The summed E-state index contributed by atoms with van der Waals surface area (Å²) in [7, 11) is 1.43. The van der Waals surface area contributed by atoms with E-state index in [9.17, 15) is 51.1 Å². The Balaban J connectivity index is 1.68. The normalized spacial score (nSPS) is 48.2. The van der Waals surface area contributed by atoms with E-state index in [1.807, 2.05) is 0 Å². The van der Waals surface area contributed by atoms with E-state index in [0.29, 0.717) is 0 Å². The Morgan fingerprint density at radius 2 is 0.921 bits per heavy atom. The lowest BCUT2D eigenvalue weighted by Gasteiger charge is -2.48. The second-order valence-electron chi connectivity index (χ2n) is 9.18. The molecule has 0 radical (unpaired) electrons. The van der Waals surface area contributed by atoms with E-state index in [4.69, 9.17) is 33.2 Å². The summed E-state index contributed by atoms with van der Waals surface area (Å²) in [6, 6.07) is 0. The average molecular weight is 563 g/mol. The molecule has 3 saturated heterocycles. The van der Waals surface area contributed by atoms with Crippen molar-refractivity contribution < 1.29 is 84.2 Å². The summed E-state index contributed by atoms with van der Waals surface area (Å²) in [5.74, 6) is 0. The van der Waals surface area contributed by atoms with Gasteiger partial charge in [-0.25, -0.2) is 0 Å². The van der Waals surface area contributed by atoms with Gasteiger partial charge in [-0.15, -0.1) is 0 Å². The van der Waals surface area contributed by atoms with Gasteiger partial charge >= 0.3 is 0 Å². The summed E-state index contributed by atoms with van der Waals surface area (Å²) in [6.45, 7) is -2.06. The van der Waals surface area contributed by atoms with Crippen LogP contribution in [-0.2, 0) is 33.2 Å². The first-order valence-corrected chi connectivity index (χ1v) is 12.1. The fourth-order valence-corrected chi connectivity index (χ4v) is 4.43. The zero-order valence-corrected chi connectivity index (χ0v) is 20.5. The van der Waals surface area contributed by atoms with Crippen molar-refractivity contribution in [3.8, 4) is 0 Å².